The predicted molar refractivity (Wildman–Crippen MR) is 79.4 cm³/mol. The number of rotatable bonds is 3. The zero-order valence-corrected chi connectivity index (χ0v) is 13.0. The van der Waals surface area contributed by atoms with Gasteiger partial charge in [0.15, 0.2) is 0 Å². The van der Waals surface area contributed by atoms with Gasteiger partial charge in [0, 0.05) is 10.7 Å². The highest BCUT2D eigenvalue weighted by molar-refractivity contribution is 9.10. The summed E-state index contributed by atoms with van der Waals surface area (Å²) in [5, 5.41) is 29.8. The molecule has 0 spiro atoms. The second-order valence-electron chi connectivity index (χ2n) is 4.76. The molecule has 0 radical (unpaired) electrons. The van der Waals surface area contributed by atoms with Crippen LogP contribution in [0, 0.1) is 0 Å². The Hall–Kier alpha value is -0.830. The summed E-state index contributed by atoms with van der Waals surface area (Å²) in [6.07, 6.45) is -2.81. The second-order valence-corrected chi connectivity index (χ2v) is 5.99. The molecule has 1 aliphatic rings. The number of aromatic amines is 1. The van der Waals surface area contributed by atoms with Crippen molar-refractivity contribution in [2.24, 2.45) is 0 Å². The lowest BCUT2D eigenvalue weighted by atomic mass is 10.1. The van der Waals surface area contributed by atoms with E-state index in [1.807, 2.05) is 6.07 Å². The molecule has 2 aromatic rings. The summed E-state index contributed by atoms with van der Waals surface area (Å²) >= 11 is 9.57. The van der Waals surface area contributed by atoms with Crippen molar-refractivity contribution in [1.82, 2.24) is 4.98 Å². The van der Waals surface area contributed by atoms with Gasteiger partial charge in [-0.1, -0.05) is 11.6 Å². The van der Waals surface area contributed by atoms with Gasteiger partial charge in [-0.2, -0.15) is 0 Å². The van der Waals surface area contributed by atoms with E-state index in [0.717, 1.165) is 5.52 Å². The van der Waals surface area contributed by atoms with Crippen molar-refractivity contribution in [2.45, 2.75) is 24.6 Å². The van der Waals surface area contributed by atoms with Gasteiger partial charge in [-0.15, -0.1) is 0 Å². The van der Waals surface area contributed by atoms with Crippen LogP contribution in [0.1, 0.15) is 0 Å². The molecule has 1 saturated heterocycles. The lowest BCUT2D eigenvalue weighted by Crippen LogP contribution is -2.35. The van der Waals surface area contributed by atoms with Crippen LogP contribution in [0.5, 0.6) is 5.75 Å². The van der Waals surface area contributed by atoms with E-state index in [-0.39, 0.29) is 0 Å². The minimum absolute atomic E-state index is 0.395. The van der Waals surface area contributed by atoms with E-state index in [9.17, 15) is 10.2 Å². The van der Waals surface area contributed by atoms with E-state index in [1.165, 1.54) is 0 Å². The molecule has 2 heterocycles. The van der Waals surface area contributed by atoms with Gasteiger partial charge in [0.2, 0.25) is 6.29 Å². The number of benzene rings is 1. The summed E-state index contributed by atoms with van der Waals surface area (Å²) in [5.74, 6) is 0.395. The monoisotopic (exact) mass is 377 g/mol. The van der Waals surface area contributed by atoms with Crippen LogP contribution >= 0.6 is 27.5 Å². The Kier molecular flexibility index (Phi) is 4.13. The average Bonchev–Trinajstić information content (AvgIpc) is 3.00. The summed E-state index contributed by atoms with van der Waals surface area (Å²) in [7, 11) is 0. The molecule has 1 aromatic carbocycles. The fourth-order valence-corrected chi connectivity index (χ4v) is 2.90. The van der Waals surface area contributed by atoms with Gasteiger partial charge in [-0.25, -0.2) is 0 Å². The smallest absolute Gasteiger partial charge is 0.229 e. The van der Waals surface area contributed by atoms with Crippen LogP contribution in [0.2, 0.25) is 5.02 Å². The minimum Gasteiger partial charge on any atom is -0.460 e. The van der Waals surface area contributed by atoms with Gasteiger partial charge in [-0.3, -0.25) is 0 Å². The minimum atomic E-state index is -1.25. The quantitative estimate of drug-likeness (QED) is 0.648. The molecule has 8 heteroatoms. The maximum Gasteiger partial charge on any atom is 0.229 e. The lowest BCUT2D eigenvalue weighted by molar-refractivity contribution is -0.115. The fourth-order valence-electron chi connectivity index (χ4n) is 2.31. The third-order valence-corrected chi connectivity index (χ3v) is 4.72. The van der Waals surface area contributed by atoms with E-state index in [0.29, 0.717) is 20.6 Å². The van der Waals surface area contributed by atoms with Crippen LogP contribution in [0.15, 0.2) is 22.8 Å². The number of hydrogen-bond donors (Lipinski definition) is 4. The highest BCUT2D eigenvalue weighted by Crippen LogP contribution is 2.38. The Balaban J connectivity index is 1.91. The Morgan fingerprint density at radius 3 is 2.76 bits per heavy atom. The third kappa shape index (κ3) is 2.54. The van der Waals surface area contributed by atoms with Crippen LogP contribution in [0.25, 0.3) is 10.9 Å². The van der Waals surface area contributed by atoms with Crippen LogP contribution in [0.4, 0.5) is 0 Å². The second kappa shape index (κ2) is 5.75. The first-order valence-electron chi connectivity index (χ1n) is 6.27. The first-order valence-corrected chi connectivity index (χ1v) is 7.44. The maximum atomic E-state index is 9.89. The zero-order chi connectivity index (χ0) is 15.1. The van der Waals surface area contributed by atoms with E-state index in [1.54, 1.807) is 12.3 Å². The number of aromatic nitrogens is 1. The standard InChI is InChI=1S/C13H13BrClNO5/c14-5-1-2-6-9(10(5)15)7(3-16-6)20-13-12(19)11(18)8(4-17)21-13/h1-3,8,11-13,16-19H,4H2/t8-,11+,12?,13+/m0/s1. The summed E-state index contributed by atoms with van der Waals surface area (Å²) in [6, 6.07) is 3.63. The predicted octanol–water partition coefficient (Wildman–Crippen LogP) is 1.40. The van der Waals surface area contributed by atoms with Crippen LogP contribution < -0.4 is 4.74 Å². The Morgan fingerprint density at radius 1 is 1.33 bits per heavy atom. The molecule has 0 saturated carbocycles. The van der Waals surface area contributed by atoms with Crippen molar-refractivity contribution >= 4 is 38.4 Å². The third-order valence-electron chi connectivity index (χ3n) is 3.44. The number of nitrogens with one attached hydrogen (secondary N) is 1. The first-order chi connectivity index (χ1) is 10.0. The average molecular weight is 379 g/mol. The molecule has 114 valence electrons. The van der Waals surface area contributed by atoms with Crippen LogP contribution in [-0.2, 0) is 4.74 Å². The number of aliphatic hydroxyl groups excluding tert-OH is 3. The number of hydrogen-bond acceptors (Lipinski definition) is 5. The van der Waals surface area contributed by atoms with Gasteiger partial charge < -0.3 is 29.8 Å². The van der Waals surface area contributed by atoms with Crippen molar-refractivity contribution in [3.63, 3.8) is 0 Å². The van der Waals surface area contributed by atoms with Crippen molar-refractivity contribution in [3.8, 4) is 5.75 Å². The summed E-state index contributed by atoms with van der Waals surface area (Å²) in [4.78, 5) is 3.00. The van der Waals surface area contributed by atoms with Crippen LogP contribution in [0.3, 0.4) is 0 Å². The maximum absolute atomic E-state index is 9.89. The van der Waals surface area contributed by atoms with Crippen molar-refractivity contribution in [1.29, 1.82) is 0 Å². The molecule has 21 heavy (non-hydrogen) atoms. The Labute approximate surface area is 133 Å². The molecule has 1 unspecified atom stereocenters. The molecule has 1 aromatic heterocycles. The summed E-state index contributed by atoms with van der Waals surface area (Å²) < 4.78 is 11.6. The van der Waals surface area contributed by atoms with Gasteiger partial charge in [-0.05, 0) is 28.1 Å². The zero-order valence-electron chi connectivity index (χ0n) is 10.7. The molecule has 1 aliphatic heterocycles. The first kappa shape index (κ1) is 15.1. The molecule has 4 atom stereocenters. The van der Waals surface area contributed by atoms with E-state index in [2.05, 4.69) is 20.9 Å². The van der Waals surface area contributed by atoms with Gasteiger partial charge in [0.25, 0.3) is 0 Å². The lowest BCUT2D eigenvalue weighted by Gasteiger charge is -2.16. The van der Waals surface area contributed by atoms with Crippen LogP contribution in [-0.4, -0.2) is 51.5 Å². The molecular weight excluding hydrogens is 366 g/mol. The number of H-pyrrole nitrogens is 1. The molecule has 3 rings (SSSR count). The number of halogens is 2. The molecule has 1 fully saturated rings. The Morgan fingerprint density at radius 2 is 2.10 bits per heavy atom. The molecular formula is C13H13BrClNO5. The highest BCUT2D eigenvalue weighted by Gasteiger charge is 2.44. The summed E-state index contributed by atoms with van der Waals surface area (Å²) in [5.41, 5.74) is 0.768. The molecule has 6 nitrogen and oxygen atoms in total. The van der Waals surface area contributed by atoms with Crippen molar-refractivity contribution in [2.75, 3.05) is 6.61 Å². The van der Waals surface area contributed by atoms with Gasteiger partial charge in [0.05, 0.1) is 22.5 Å². The van der Waals surface area contributed by atoms with Crippen molar-refractivity contribution in [3.05, 3.63) is 27.8 Å². The SMILES string of the molecule is OC[C@@H]1O[C@@H](Oc2c[nH]c3ccc(Br)c(Cl)c23)C(O)[C@@H]1O. The summed E-state index contributed by atoms with van der Waals surface area (Å²) in [6.45, 7) is -0.404. The fraction of sp³-hybridized carbons (Fsp3) is 0.385. The van der Waals surface area contributed by atoms with Gasteiger partial charge >= 0.3 is 0 Å². The highest BCUT2D eigenvalue weighted by atomic mass is 79.9. The van der Waals surface area contributed by atoms with E-state index in [4.69, 9.17) is 26.2 Å². The van der Waals surface area contributed by atoms with Gasteiger partial charge in [0.1, 0.15) is 24.1 Å². The molecule has 0 amide bonds. The molecule has 0 aliphatic carbocycles. The molecule has 0 bridgehead atoms. The number of aliphatic hydroxyl groups is 3. The number of ether oxygens (including phenoxy) is 2. The van der Waals surface area contributed by atoms with E-state index < -0.39 is 31.2 Å². The largest absolute Gasteiger partial charge is 0.460 e. The van der Waals surface area contributed by atoms with E-state index >= 15 is 0 Å². The number of fused-ring (bicyclic) bond motifs is 1. The normalized spacial score (nSPS) is 29.2. The van der Waals surface area contributed by atoms with Crippen molar-refractivity contribution < 1.29 is 24.8 Å². The molecule has 4 N–H and O–H groups in total. The topological polar surface area (TPSA) is 94.9 Å². The Bertz CT molecular complexity index is 663.